The molecule has 2 rings (SSSR count). The molecule has 2 aromatic carbocycles. The zero-order chi connectivity index (χ0) is 19.1. The van der Waals surface area contributed by atoms with Crippen LogP contribution >= 0.6 is 0 Å². The smallest absolute Gasteiger partial charge is 0.310 e. The first kappa shape index (κ1) is 19.2. The van der Waals surface area contributed by atoms with E-state index in [4.69, 9.17) is 9.47 Å². The lowest BCUT2D eigenvalue weighted by Crippen LogP contribution is -2.22. The number of carbonyl (C=O) groups excluding carboxylic acids is 3. The first-order chi connectivity index (χ1) is 12.4. The second-order valence-electron chi connectivity index (χ2n) is 5.80. The van der Waals surface area contributed by atoms with E-state index in [1.807, 2.05) is 19.1 Å². The number of amides is 1. The molecule has 6 nitrogen and oxygen atoms in total. The first-order valence-corrected chi connectivity index (χ1v) is 8.09. The third kappa shape index (κ3) is 5.17. The fourth-order valence-corrected chi connectivity index (χ4v) is 2.48. The van der Waals surface area contributed by atoms with Crippen LogP contribution in [0.25, 0.3) is 0 Å². The van der Waals surface area contributed by atoms with Crippen molar-refractivity contribution >= 4 is 23.3 Å². The largest absolute Gasteiger partial charge is 0.496 e. The number of anilines is 1. The molecule has 136 valence electrons. The van der Waals surface area contributed by atoms with Gasteiger partial charge in [0.05, 0.1) is 19.2 Å². The number of carbonyl (C=O) groups is 3. The SMILES string of the molecule is COc1ccc(C)cc1CC(=O)OCC(=O)Nc1ccccc1C(C)=O. The van der Waals surface area contributed by atoms with Crippen molar-refractivity contribution in [1.29, 1.82) is 0 Å². The molecule has 2 aromatic rings. The fraction of sp³-hybridized carbons (Fsp3) is 0.250. The number of ether oxygens (including phenoxy) is 2. The Morgan fingerprint density at radius 3 is 2.50 bits per heavy atom. The summed E-state index contributed by atoms with van der Waals surface area (Å²) in [5.41, 5.74) is 2.48. The van der Waals surface area contributed by atoms with Gasteiger partial charge in [0.25, 0.3) is 5.91 Å². The molecule has 1 N–H and O–H groups in total. The molecule has 0 heterocycles. The summed E-state index contributed by atoms with van der Waals surface area (Å²) < 4.78 is 10.3. The number of aryl methyl sites for hydroxylation is 1. The second kappa shape index (κ2) is 8.80. The third-order valence-corrected chi connectivity index (χ3v) is 3.72. The highest BCUT2D eigenvalue weighted by atomic mass is 16.5. The van der Waals surface area contributed by atoms with Gasteiger partial charge in [0, 0.05) is 11.1 Å². The van der Waals surface area contributed by atoms with Crippen molar-refractivity contribution < 1.29 is 23.9 Å². The van der Waals surface area contributed by atoms with E-state index in [0.717, 1.165) is 5.56 Å². The molecule has 0 spiro atoms. The summed E-state index contributed by atoms with van der Waals surface area (Å²) in [7, 11) is 1.53. The highest BCUT2D eigenvalue weighted by Gasteiger charge is 2.14. The monoisotopic (exact) mass is 355 g/mol. The molecule has 1 amide bonds. The average molecular weight is 355 g/mol. The van der Waals surface area contributed by atoms with Gasteiger partial charge in [0.15, 0.2) is 12.4 Å². The topological polar surface area (TPSA) is 81.7 Å². The van der Waals surface area contributed by atoms with Crippen LogP contribution in [0.2, 0.25) is 0 Å². The molecule has 0 aromatic heterocycles. The molecule has 0 bridgehead atoms. The number of para-hydroxylation sites is 1. The Kier molecular flexibility index (Phi) is 6.49. The molecule has 26 heavy (non-hydrogen) atoms. The van der Waals surface area contributed by atoms with E-state index in [-0.39, 0.29) is 12.2 Å². The highest BCUT2D eigenvalue weighted by molar-refractivity contribution is 6.04. The minimum absolute atomic E-state index is 0.00215. The maximum absolute atomic E-state index is 12.0. The van der Waals surface area contributed by atoms with E-state index >= 15 is 0 Å². The van der Waals surface area contributed by atoms with Gasteiger partial charge in [-0.2, -0.15) is 0 Å². The summed E-state index contributed by atoms with van der Waals surface area (Å²) in [5.74, 6) is -0.621. The van der Waals surface area contributed by atoms with Gasteiger partial charge < -0.3 is 14.8 Å². The summed E-state index contributed by atoms with van der Waals surface area (Å²) in [5, 5.41) is 2.58. The van der Waals surface area contributed by atoms with Gasteiger partial charge in [-0.1, -0.05) is 29.8 Å². The van der Waals surface area contributed by atoms with Crippen LogP contribution in [-0.2, 0) is 20.7 Å². The lowest BCUT2D eigenvalue weighted by Gasteiger charge is -2.11. The Bertz CT molecular complexity index is 829. The normalized spacial score (nSPS) is 10.1. The summed E-state index contributed by atoms with van der Waals surface area (Å²) in [4.78, 5) is 35.6. The molecule has 0 fully saturated rings. The Hall–Kier alpha value is -3.15. The molecular weight excluding hydrogens is 334 g/mol. The van der Waals surface area contributed by atoms with Gasteiger partial charge in [-0.3, -0.25) is 14.4 Å². The van der Waals surface area contributed by atoms with Crippen molar-refractivity contribution in [3.8, 4) is 5.75 Å². The lowest BCUT2D eigenvalue weighted by molar-refractivity contribution is -0.146. The Morgan fingerprint density at radius 2 is 1.81 bits per heavy atom. The van der Waals surface area contributed by atoms with E-state index in [1.54, 1.807) is 30.3 Å². The number of ketones is 1. The standard InChI is InChI=1S/C20H21NO5/c1-13-8-9-18(25-3)15(10-13)11-20(24)26-12-19(23)21-17-7-5-4-6-16(17)14(2)22/h4-10H,11-12H2,1-3H3,(H,21,23). The van der Waals surface area contributed by atoms with Gasteiger partial charge in [0.2, 0.25) is 0 Å². The molecule has 0 saturated heterocycles. The zero-order valence-corrected chi connectivity index (χ0v) is 15.0. The quantitative estimate of drug-likeness (QED) is 0.610. The number of hydrogen-bond acceptors (Lipinski definition) is 5. The average Bonchev–Trinajstić information content (AvgIpc) is 2.60. The third-order valence-electron chi connectivity index (χ3n) is 3.72. The van der Waals surface area contributed by atoms with Gasteiger partial charge >= 0.3 is 5.97 Å². The van der Waals surface area contributed by atoms with Crippen molar-refractivity contribution in [2.45, 2.75) is 20.3 Å². The van der Waals surface area contributed by atoms with Crippen LogP contribution in [-0.4, -0.2) is 31.4 Å². The van der Waals surface area contributed by atoms with Crippen LogP contribution in [0.3, 0.4) is 0 Å². The Morgan fingerprint density at radius 1 is 1.08 bits per heavy atom. The number of methoxy groups -OCH3 is 1. The van der Waals surface area contributed by atoms with Crippen LogP contribution in [0.15, 0.2) is 42.5 Å². The van der Waals surface area contributed by atoms with E-state index in [1.165, 1.54) is 14.0 Å². The predicted octanol–water partition coefficient (Wildman–Crippen LogP) is 2.93. The Balaban J connectivity index is 1.93. The van der Waals surface area contributed by atoms with Crippen molar-refractivity contribution in [2.75, 3.05) is 19.0 Å². The molecule has 0 aliphatic rings. The number of nitrogens with one attached hydrogen (secondary N) is 1. The first-order valence-electron chi connectivity index (χ1n) is 8.09. The number of Topliss-reactive ketones (excluding diaryl/α,β-unsaturated/α-hetero) is 1. The summed E-state index contributed by atoms with van der Waals surface area (Å²) in [6.45, 7) is 2.90. The van der Waals surface area contributed by atoms with Gasteiger partial charge in [-0.25, -0.2) is 0 Å². The van der Waals surface area contributed by atoms with Crippen molar-refractivity contribution in [3.63, 3.8) is 0 Å². The van der Waals surface area contributed by atoms with Gasteiger partial charge in [-0.15, -0.1) is 0 Å². The van der Waals surface area contributed by atoms with Crippen LogP contribution in [0.5, 0.6) is 5.75 Å². The molecular formula is C20H21NO5. The van der Waals surface area contributed by atoms with Gasteiger partial charge in [0.1, 0.15) is 5.75 Å². The van der Waals surface area contributed by atoms with Crippen molar-refractivity contribution in [1.82, 2.24) is 0 Å². The molecule has 0 aliphatic carbocycles. The minimum Gasteiger partial charge on any atom is -0.496 e. The van der Waals surface area contributed by atoms with E-state index in [0.29, 0.717) is 22.6 Å². The number of hydrogen-bond donors (Lipinski definition) is 1. The van der Waals surface area contributed by atoms with E-state index < -0.39 is 18.5 Å². The number of benzene rings is 2. The molecule has 0 saturated carbocycles. The van der Waals surface area contributed by atoms with Crippen molar-refractivity contribution in [3.05, 3.63) is 59.2 Å². The fourth-order valence-electron chi connectivity index (χ4n) is 2.48. The van der Waals surface area contributed by atoms with Crippen LogP contribution in [0.1, 0.15) is 28.4 Å². The van der Waals surface area contributed by atoms with E-state index in [2.05, 4.69) is 5.32 Å². The molecule has 0 aliphatic heterocycles. The maximum atomic E-state index is 12.0. The number of rotatable bonds is 7. The molecule has 0 unspecified atom stereocenters. The molecule has 0 radical (unpaired) electrons. The predicted molar refractivity (Wildman–Crippen MR) is 97.5 cm³/mol. The van der Waals surface area contributed by atoms with Gasteiger partial charge in [-0.05, 0) is 32.0 Å². The van der Waals surface area contributed by atoms with Crippen LogP contribution < -0.4 is 10.1 Å². The molecule has 0 atom stereocenters. The van der Waals surface area contributed by atoms with Crippen LogP contribution in [0, 0.1) is 6.92 Å². The lowest BCUT2D eigenvalue weighted by atomic mass is 10.1. The molecule has 6 heteroatoms. The number of esters is 1. The minimum atomic E-state index is -0.538. The highest BCUT2D eigenvalue weighted by Crippen LogP contribution is 2.20. The maximum Gasteiger partial charge on any atom is 0.310 e. The van der Waals surface area contributed by atoms with Crippen molar-refractivity contribution in [2.24, 2.45) is 0 Å². The van der Waals surface area contributed by atoms with Crippen LogP contribution in [0.4, 0.5) is 5.69 Å². The summed E-state index contributed by atoms with van der Waals surface area (Å²) >= 11 is 0. The zero-order valence-electron chi connectivity index (χ0n) is 15.0. The second-order valence-corrected chi connectivity index (χ2v) is 5.80. The summed E-state index contributed by atoms with van der Waals surface area (Å²) in [6, 6.07) is 12.2. The summed E-state index contributed by atoms with van der Waals surface area (Å²) in [6.07, 6.45) is 0.00215. The van der Waals surface area contributed by atoms with E-state index in [9.17, 15) is 14.4 Å². The Labute approximate surface area is 152 Å².